The van der Waals surface area contributed by atoms with Crippen LogP contribution in [0.1, 0.15) is 31.1 Å². The minimum absolute atomic E-state index is 0.290. The Morgan fingerprint density at radius 1 is 1.52 bits per heavy atom. The highest BCUT2D eigenvalue weighted by Crippen LogP contribution is 2.31. The number of hydrogen-bond donors (Lipinski definition) is 3. The molecule has 2 aromatic rings. The molecular formula is C18H22BrFN4O. The van der Waals surface area contributed by atoms with E-state index < -0.39 is 11.9 Å². The molecule has 0 spiro atoms. The largest absolute Gasteiger partial charge is 0.391 e. The normalized spacial score (nSPS) is 13.0. The number of rotatable bonds is 7. The maximum absolute atomic E-state index is 13.6. The summed E-state index contributed by atoms with van der Waals surface area (Å²) in [5.74, 6) is -0.396. The predicted molar refractivity (Wildman–Crippen MR) is 101 cm³/mol. The molecule has 7 heteroatoms. The molecule has 0 aliphatic carbocycles. The van der Waals surface area contributed by atoms with Crippen molar-refractivity contribution in [2.24, 2.45) is 7.05 Å². The molecule has 0 aliphatic heterocycles. The molecule has 0 amide bonds. The first-order valence-electron chi connectivity index (χ1n) is 8.00. The van der Waals surface area contributed by atoms with Gasteiger partial charge in [-0.15, -0.1) is 0 Å². The van der Waals surface area contributed by atoms with Crippen LogP contribution in [-0.2, 0) is 13.5 Å². The van der Waals surface area contributed by atoms with Crippen molar-refractivity contribution < 1.29 is 9.50 Å². The number of halogens is 2. The van der Waals surface area contributed by atoms with Gasteiger partial charge in [-0.05, 0) is 53.5 Å². The number of aliphatic hydroxyl groups excluding tert-OH is 1. The quantitative estimate of drug-likeness (QED) is 0.611. The van der Waals surface area contributed by atoms with Gasteiger partial charge in [-0.3, -0.25) is 10.1 Å². The van der Waals surface area contributed by atoms with Crippen molar-refractivity contribution in [1.82, 2.24) is 15.1 Å². The zero-order valence-electron chi connectivity index (χ0n) is 14.5. The van der Waals surface area contributed by atoms with Gasteiger partial charge in [-0.1, -0.05) is 0 Å². The van der Waals surface area contributed by atoms with Crippen molar-refractivity contribution in [3.63, 3.8) is 0 Å². The zero-order valence-corrected chi connectivity index (χ0v) is 16.1. The number of aryl methyl sites for hydroxylation is 1. The number of hydrogen-bond acceptors (Lipinski definition) is 4. The monoisotopic (exact) mass is 408 g/mol. The van der Waals surface area contributed by atoms with Gasteiger partial charge in [-0.2, -0.15) is 5.10 Å². The number of aromatic nitrogens is 2. The van der Waals surface area contributed by atoms with Crippen LogP contribution in [0.3, 0.4) is 0 Å². The molecule has 1 aromatic carbocycles. The minimum atomic E-state index is -0.813. The lowest BCUT2D eigenvalue weighted by Gasteiger charge is -2.12. The molecule has 0 unspecified atom stereocenters. The van der Waals surface area contributed by atoms with E-state index in [1.54, 1.807) is 23.9 Å². The molecule has 1 atom stereocenters. The summed E-state index contributed by atoms with van der Waals surface area (Å²) in [6, 6.07) is 4.33. The van der Waals surface area contributed by atoms with Gasteiger partial charge in [-0.25, -0.2) is 4.39 Å². The van der Waals surface area contributed by atoms with Crippen LogP contribution in [-0.4, -0.2) is 26.1 Å². The second kappa shape index (κ2) is 8.40. The van der Waals surface area contributed by atoms with Gasteiger partial charge >= 0.3 is 0 Å². The Bertz CT molecular complexity index is 798. The summed E-state index contributed by atoms with van der Waals surface area (Å²) >= 11 is 3.22. The summed E-state index contributed by atoms with van der Waals surface area (Å²) in [6.07, 6.45) is 3.34. The average Bonchev–Trinajstić information content (AvgIpc) is 2.91. The van der Waals surface area contributed by atoms with Crippen LogP contribution in [0.15, 0.2) is 36.2 Å². The number of benzene rings is 1. The molecule has 5 nitrogen and oxygen atoms in total. The molecule has 1 aromatic heterocycles. The smallest absolute Gasteiger partial charge is 0.123 e. The van der Waals surface area contributed by atoms with E-state index in [1.165, 1.54) is 12.1 Å². The van der Waals surface area contributed by atoms with Gasteiger partial charge in [0.05, 0.1) is 11.8 Å². The summed E-state index contributed by atoms with van der Waals surface area (Å²) in [7, 11) is 1.81. The summed E-state index contributed by atoms with van der Waals surface area (Å²) in [6.45, 7) is 4.34. The van der Waals surface area contributed by atoms with Crippen LogP contribution in [0.25, 0.3) is 11.3 Å². The van der Waals surface area contributed by atoms with Crippen LogP contribution < -0.4 is 5.32 Å². The van der Waals surface area contributed by atoms with Crippen molar-refractivity contribution in [3.8, 4) is 11.3 Å². The van der Waals surface area contributed by atoms with Gasteiger partial charge < -0.3 is 10.4 Å². The molecule has 1 heterocycles. The Balaban J connectivity index is 2.50. The maximum atomic E-state index is 13.6. The summed E-state index contributed by atoms with van der Waals surface area (Å²) in [5, 5.41) is 25.5. The fraction of sp³-hybridized carbons (Fsp3) is 0.333. The molecule has 25 heavy (non-hydrogen) atoms. The van der Waals surface area contributed by atoms with Crippen LogP contribution >= 0.6 is 15.9 Å². The Labute approximate surface area is 155 Å². The standard InChI is InChI=1S/C18H22BrFN4O/c1-4-22-9-12(18(19)21)7-13-10-24(3)23-17(13)15-6-5-14(20)8-16(15)11(2)25/h5-6,8-11,21-22,25H,4,7H2,1-3H3/b12-9-,21-18?/t11-/m1/s1. The number of allylic oxidation sites excluding steroid dienone is 1. The number of nitrogens with one attached hydrogen (secondary N) is 2. The molecule has 3 N–H and O–H groups in total. The highest BCUT2D eigenvalue weighted by Gasteiger charge is 2.18. The molecule has 0 bridgehead atoms. The van der Waals surface area contributed by atoms with Crippen molar-refractivity contribution in [2.75, 3.05) is 6.54 Å². The third kappa shape index (κ3) is 4.76. The fourth-order valence-corrected chi connectivity index (χ4v) is 2.87. The molecular weight excluding hydrogens is 387 g/mol. The molecule has 0 aliphatic rings. The average molecular weight is 409 g/mol. The van der Waals surface area contributed by atoms with E-state index in [9.17, 15) is 9.50 Å². The predicted octanol–water partition coefficient (Wildman–Crippen LogP) is 3.69. The van der Waals surface area contributed by atoms with Crippen molar-refractivity contribution in [3.05, 3.63) is 53.1 Å². The lowest BCUT2D eigenvalue weighted by molar-refractivity contribution is 0.199. The van der Waals surface area contributed by atoms with Gasteiger partial charge in [0.25, 0.3) is 0 Å². The van der Waals surface area contributed by atoms with Gasteiger partial charge in [0, 0.05) is 49.1 Å². The second-order valence-electron chi connectivity index (χ2n) is 5.80. The highest BCUT2D eigenvalue weighted by molar-refractivity contribution is 9.18. The summed E-state index contributed by atoms with van der Waals surface area (Å²) < 4.78 is 15.6. The molecule has 0 fully saturated rings. The van der Waals surface area contributed by atoms with Gasteiger partial charge in [0.1, 0.15) is 10.4 Å². The van der Waals surface area contributed by atoms with Crippen LogP contribution in [0.5, 0.6) is 0 Å². The maximum Gasteiger partial charge on any atom is 0.123 e. The summed E-state index contributed by atoms with van der Waals surface area (Å²) in [4.78, 5) is 0. The van der Waals surface area contributed by atoms with E-state index in [-0.39, 0.29) is 4.62 Å². The third-order valence-electron chi connectivity index (χ3n) is 3.77. The van der Waals surface area contributed by atoms with Gasteiger partial charge in [0.2, 0.25) is 0 Å². The van der Waals surface area contributed by atoms with Crippen LogP contribution in [0.2, 0.25) is 0 Å². The SMILES string of the molecule is CCN/C=C(/Cc1cn(C)nc1-c1ccc(F)cc1[C@@H](C)O)C(=N)Br. The number of aliphatic hydroxyl groups is 1. The van der Waals surface area contributed by atoms with E-state index in [4.69, 9.17) is 5.41 Å². The lowest BCUT2D eigenvalue weighted by Crippen LogP contribution is -2.08. The van der Waals surface area contributed by atoms with E-state index in [2.05, 4.69) is 26.3 Å². The molecule has 134 valence electrons. The van der Waals surface area contributed by atoms with Crippen LogP contribution in [0, 0.1) is 11.2 Å². The number of nitrogens with zero attached hydrogens (tertiary/aromatic N) is 2. The minimum Gasteiger partial charge on any atom is -0.391 e. The van der Waals surface area contributed by atoms with E-state index in [1.807, 2.05) is 20.2 Å². The Morgan fingerprint density at radius 3 is 2.84 bits per heavy atom. The lowest BCUT2D eigenvalue weighted by atomic mass is 9.96. The van der Waals surface area contributed by atoms with Gasteiger partial charge in [0.15, 0.2) is 0 Å². The van der Waals surface area contributed by atoms with Crippen molar-refractivity contribution >= 4 is 20.6 Å². The fourth-order valence-electron chi connectivity index (χ4n) is 2.61. The Kier molecular flexibility index (Phi) is 6.50. The third-order valence-corrected chi connectivity index (χ3v) is 4.28. The Hall–Kier alpha value is -1.99. The van der Waals surface area contributed by atoms with Crippen LogP contribution in [0.4, 0.5) is 4.39 Å². The van der Waals surface area contributed by atoms with Crippen molar-refractivity contribution in [2.45, 2.75) is 26.4 Å². The topological polar surface area (TPSA) is 73.9 Å². The summed E-state index contributed by atoms with van der Waals surface area (Å²) in [5.41, 5.74) is 3.53. The first-order valence-corrected chi connectivity index (χ1v) is 8.80. The van der Waals surface area contributed by atoms with E-state index >= 15 is 0 Å². The van der Waals surface area contributed by atoms with E-state index in [0.717, 1.165) is 17.7 Å². The zero-order chi connectivity index (χ0) is 18.6. The molecule has 0 radical (unpaired) electrons. The molecule has 2 rings (SSSR count). The highest BCUT2D eigenvalue weighted by atomic mass is 79.9. The van der Waals surface area contributed by atoms with E-state index in [0.29, 0.717) is 23.2 Å². The first-order chi connectivity index (χ1) is 11.8. The Morgan fingerprint density at radius 2 is 2.24 bits per heavy atom. The second-order valence-corrected chi connectivity index (χ2v) is 6.60. The molecule has 0 saturated carbocycles. The molecule has 0 saturated heterocycles. The first kappa shape index (κ1) is 19.3. The van der Waals surface area contributed by atoms with Crippen molar-refractivity contribution in [1.29, 1.82) is 5.41 Å².